The van der Waals surface area contributed by atoms with Gasteiger partial charge in [0.25, 0.3) is 0 Å². The first-order chi connectivity index (χ1) is 14.2. The largest absolute Gasteiger partial charge is 0.497 e. The highest BCUT2D eigenvalue weighted by atomic mass is 35.5. The lowest BCUT2D eigenvalue weighted by atomic mass is 10.1. The normalized spacial score (nSPS) is 12.7. The third kappa shape index (κ3) is 6.64. The zero-order valence-corrected chi connectivity index (χ0v) is 19.3. The minimum atomic E-state index is -0.649. The molecule has 2 aromatic carbocycles. The number of ether oxygens (including phenoxy) is 1. The SMILES string of the molecule is CC[C@H](C)NC(=O)[C@@H](C)N(Cc1cccc(OC)c1)C(=O)Cc1ccc(Cl)cc1Cl. The highest BCUT2D eigenvalue weighted by Gasteiger charge is 2.27. The number of rotatable bonds is 9. The third-order valence-corrected chi connectivity index (χ3v) is 5.60. The molecule has 0 saturated carbocycles. The Balaban J connectivity index is 2.28. The molecular weight excluding hydrogens is 423 g/mol. The molecule has 2 amide bonds. The van der Waals surface area contributed by atoms with Gasteiger partial charge in [-0.3, -0.25) is 9.59 Å². The quantitative estimate of drug-likeness (QED) is 0.592. The molecule has 0 aromatic heterocycles. The molecular formula is C23H28Cl2N2O3. The number of halogens is 2. The van der Waals surface area contributed by atoms with Gasteiger partial charge in [-0.2, -0.15) is 0 Å². The van der Waals surface area contributed by atoms with Gasteiger partial charge in [0.1, 0.15) is 11.8 Å². The van der Waals surface area contributed by atoms with Gasteiger partial charge in [0, 0.05) is 22.6 Å². The molecule has 0 spiro atoms. The van der Waals surface area contributed by atoms with E-state index in [-0.39, 0.29) is 30.8 Å². The van der Waals surface area contributed by atoms with Crippen LogP contribution in [0.3, 0.4) is 0 Å². The van der Waals surface area contributed by atoms with Crippen LogP contribution in [0.1, 0.15) is 38.3 Å². The molecule has 1 N–H and O–H groups in total. The molecule has 2 aromatic rings. The van der Waals surface area contributed by atoms with Crippen molar-refractivity contribution in [2.24, 2.45) is 0 Å². The lowest BCUT2D eigenvalue weighted by molar-refractivity contribution is -0.140. The maximum Gasteiger partial charge on any atom is 0.242 e. The molecule has 0 radical (unpaired) electrons. The van der Waals surface area contributed by atoms with Crippen molar-refractivity contribution in [3.63, 3.8) is 0 Å². The Kier molecular flexibility index (Phi) is 9.00. The Labute approximate surface area is 188 Å². The van der Waals surface area contributed by atoms with E-state index in [4.69, 9.17) is 27.9 Å². The van der Waals surface area contributed by atoms with Crippen LogP contribution < -0.4 is 10.1 Å². The van der Waals surface area contributed by atoms with E-state index in [2.05, 4.69) is 5.32 Å². The van der Waals surface area contributed by atoms with Crippen LogP contribution in [0.15, 0.2) is 42.5 Å². The number of methoxy groups -OCH3 is 1. The topological polar surface area (TPSA) is 58.6 Å². The van der Waals surface area contributed by atoms with E-state index in [1.807, 2.05) is 38.1 Å². The van der Waals surface area contributed by atoms with Crippen molar-refractivity contribution < 1.29 is 14.3 Å². The van der Waals surface area contributed by atoms with E-state index in [0.717, 1.165) is 12.0 Å². The first-order valence-corrected chi connectivity index (χ1v) is 10.7. The average Bonchev–Trinajstić information content (AvgIpc) is 2.73. The lowest BCUT2D eigenvalue weighted by Crippen LogP contribution is -2.49. The maximum atomic E-state index is 13.2. The fourth-order valence-electron chi connectivity index (χ4n) is 2.95. The number of hydrogen-bond donors (Lipinski definition) is 1. The van der Waals surface area contributed by atoms with Gasteiger partial charge in [-0.1, -0.05) is 48.3 Å². The summed E-state index contributed by atoms with van der Waals surface area (Å²) in [6.07, 6.45) is 0.879. The van der Waals surface area contributed by atoms with Crippen molar-refractivity contribution in [3.8, 4) is 5.75 Å². The number of nitrogens with one attached hydrogen (secondary N) is 1. The fourth-order valence-corrected chi connectivity index (χ4v) is 3.42. The van der Waals surface area contributed by atoms with Crippen LogP contribution in [0.5, 0.6) is 5.75 Å². The Morgan fingerprint density at radius 2 is 1.87 bits per heavy atom. The molecule has 0 bridgehead atoms. The van der Waals surface area contributed by atoms with Gasteiger partial charge in [0.2, 0.25) is 11.8 Å². The average molecular weight is 451 g/mol. The summed E-state index contributed by atoms with van der Waals surface area (Å²) >= 11 is 12.2. The van der Waals surface area contributed by atoms with E-state index in [9.17, 15) is 9.59 Å². The van der Waals surface area contributed by atoms with Crippen LogP contribution in [0, 0.1) is 0 Å². The molecule has 162 valence electrons. The van der Waals surface area contributed by atoms with Crippen molar-refractivity contribution >= 4 is 35.0 Å². The molecule has 0 aliphatic rings. The van der Waals surface area contributed by atoms with Gasteiger partial charge in [-0.25, -0.2) is 0 Å². The van der Waals surface area contributed by atoms with Gasteiger partial charge in [-0.15, -0.1) is 0 Å². The van der Waals surface area contributed by atoms with E-state index in [1.165, 1.54) is 0 Å². The second kappa shape index (κ2) is 11.2. The lowest BCUT2D eigenvalue weighted by Gasteiger charge is -2.30. The van der Waals surface area contributed by atoms with Gasteiger partial charge in [-0.05, 0) is 55.7 Å². The van der Waals surface area contributed by atoms with Crippen LogP contribution >= 0.6 is 23.2 Å². The summed E-state index contributed by atoms with van der Waals surface area (Å²) in [4.78, 5) is 27.6. The molecule has 2 atom stereocenters. The predicted molar refractivity (Wildman–Crippen MR) is 121 cm³/mol. The monoisotopic (exact) mass is 450 g/mol. The molecule has 30 heavy (non-hydrogen) atoms. The second-order valence-corrected chi connectivity index (χ2v) is 8.12. The minimum absolute atomic E-state index is 0.0273. The molecule has 0 heterocycles. The summed E-state index contributed by atoms with van der Waals surface area (Å²) in [5.41, 5.74) is 1.53. The molecule has 0 unspecified atom stereocenters. The Morgan fingerprint density at radius 1 is 1.13 bits per heavy atom. The predicted octanol–water partition coefficient (Wildman–Crippen LogP) is 4.88. The molecule has 7 heteroatoms. The summed E-state index contributed by atoms with van der Waals surface area (Å²) in [6.45, 7) is 5.94. The van der Waals surface area contributed by atoms with E-state index < -0.39 is 6.04 Å². The molecule has 0 saturated heterocycles. The van der Waals surface area contributed by atoms with E-state index >= 15 is 0 Å². The van der Waals surface area contributed by atoms with E-state index in [0.29, 0.717) is 21.4 Å². The number of nitrogens with zero attached hydrogens (tertiary/aromatic N) is 1. The minimum Gasteiger partial charge on any atom is -0.497 e. The van der Waals surface area contributed by atoms with Crippen molar-refractivity contribution in [2.45, 2.75) is 52.2 Å². The molecule has 0 fully saturated rings. The molecule has 0 aliphatic carbocycles. The van der Waals surface area contributed by atoms with Crippen LogP contribution in [0.25, 0.3) is 0 Å². The van der Waals surface area contributed by atoms with Crippen molar-refractivity contribution in [3.05, 3.63) is 63.6 Å². The summed E-state index contributed by atoms with van der Waals surface area (Å²) < 4.78 is 5.28. The first-order valence-electron chi connectivity index (χ1n) is 9.91. The summed E-state index contributed by atoms with van der Waals surface area (Å²) in [6, 6.07) is 11.9. The number of hydrogen-bond acceptors (Lipinski definition) is 3. The second-order valence-electron chi connectivity index (χ2n) is 7.28. The molecule has 2 rings (SSSR count). The first kappa shape index (κ1) is 24.0. The Morgan fingerprint density at radius 3 is 2.50 bits per heavy atom. The standard InChI is InChI=1S/C23H28Cl2N2O3/c1-5-15(2)26-23(29)16(3)27(14-17-7-6-8-20(11-17)30-4)22(28)12-18-9-10-19(24)13-21(18)25/h6-11,13,15-16H,5,12,14H2,1-4H3,(H,26,29)/t15-,16+/m0/s1. The van der Waals surface area contributed by atoms with Crippen LogP contribution in [0.2, 0.25) is 10.0 Å². The molecule has 5 nitrogen and oxygen atoms in total. The highest BCUT2D eigenvalue weighted by molar-refractivity contribution is 6.35. The zero-order chi connectivity index (χ0) is 22.3. The smallest absolute Gasteiger partial charge is 0.242 e. The number of carbonyl (C=O) groups excluding carboxylic acids is 2. The Hall–Kier alpha value is -2.24. The van der Waals surface area contributed by atoms with Gasteiger partial charge < -0.3 is 15.0 Å². The van der Waals surface area contributed by atoms with Gasteiger partial charge in [0.15, 0.2) is 0 Å². The van der Waals surface area contributed by atoms with Crippen LogP contribution in [-0.2, 0) is 22.6 Å². The molecule has 0 aliphatic heterocycles. The van der Waals surface area contributed by atoms with Gasteiger partial charge >= 0.3 is 0 Å². The summed E-state index contributed by atoms with van der Waals surface area (Å²) in [5, 5.41) is 3.88. The maximum absolute atomic E-state index is 13.2. The third-order valence-electron chi connectivity index (χ3n) is 5.01. The zero-order valence-electron chi connectivity index (χ0n) is 17.7. The number of carbonyl (C=O) groups is 2. The van der Waals surface area contributed by atoms with E-state index in [1.54, 1.807) is 37.1 Å². The Bertz CT molecular complexity index is 889. The summed E-state index contributed by atoms with van der Waals surface area (Å²) in [5.74, 6) is 0.300. The highest BCUT2D eigenvalue weighted by Crippen LogP contribution is 2.23. The number of benzene rings is 2. The van der Waals surface area contributed by atoms with Crippen molar-refractivity contribution in [2.75, 3.05) is 7.11 Å². The van der Waals surface area contributed by atoms with Crippen LogP contribution in [0.4, 0.5) is 0 Å². The van der Waals surface area contributed by atoms with Crippen molar-refractivity contribution in [1.82, 2.24) is 10.2 Å². The fraction of sp³-hybridized carbons (Fsp3) is 0.391. The van der Waals surface area contributed by atoms with Crippen LogP contribution in [-0.4, -0.2) is 35.9 Å². The van der Waals surface area contributed by atoms with Crippen molar-refractivity contribution in [1.29, 1.82) is 0 Å². The van der Waals surface area contributed by atoms with Gasteiger partial charge in [0.05, 0.1) is 13.5 Å². The number of amides is 2. The summed E-state index contributed by atoms with van der Waals surface area (Å²) in [7, 11) is 1.59.